The molecule has 20 heavy (non-hydrogen) atoms. The number of rotatable bonds is 6. The van der Waals surface area contributed by atoms with Crippen LogP contribution in [-0.2, 0) is 6.54 Å². The predicted molar refractivity (Wildman–Crippen MR) is 81.3 cm³/mol. The average Bonchev–Trinajstić information content (AvgIpc) is 2.82. The van der Waals surface area contributed by atoms with E-state index >= 15 is 0 Å². The van der Waals surface area contributed by atoms with Gasteiger partial charge >= 0.3 is 5.97 Å². The zero-order chi connectivity index (χ0) is 14.7. The van der Waals surface area contributed by atoms with E-state index in [1.165, 1.54) is 11.3 Å². The fourth-order valence-electron chi connectivity index (χ4n) is 2.07. The average molecular weight is 293 g/mol. The van der Waals surface area contributed by atoms with Crippen LogP contribution in [0, 0.1) is 5.92 Å². The van der Waals surface area contributed by atoms with Crippen LogP contribution in [0.3, 0.4) is 0 Å². The molecule has 2 atom stereocenters. The molecule has 2 unspecified atom stereocenters. The monoisotopic (exact) mass is 293 g/mol. The number of carboxylic acids is 1. The van der Waals surface area contributed by atoms with Crippen LogP contribution in [0.5, 0.6) is 0 Å². The molecule has 0 saturated carbocycles. The Balaban J connectivity index is 2.28. The van der Waals surface area contributed by atoms with Gasteiger partial charge in [0.05, 0.1) is 0 Å². The molecule has 0 aliphatic rings. The van der Waals surface area contributed by atoms with Gasteiger partial charge in [-0.2, -0.15) is 0 Å². The Morgan fingerprint density at radius 3 is 2.70 bits per heavy atom. The zero-order valence-electron chi connectivity index (χ0n) is 11.6. The molecule has 0 aliphatic carbocycles. The quantitative estimate of drug-likeness (QED) is 0.766. The van der Waals surface area contributed by atoms with Gasteiger partial charge < -0.3 is 15.5 Å². The van der Waals surface area contributed by atoms with Crippen LogP contribution in [0.15, 0.2) is 24.3 Å². The lowest BCUT2D eigenvalue weighted by Crippen LogP contribution is -2.33. The molecule has 0 spiro atoms. The second-order valence-electron chi connectivity index (χ2n) is 5.04. The summed E-state index contributed by atoms with van der Waals surface area (Å²) in [4.78, 5) is 11.8. The van der Waals surface area contributed by atoms with Crippen molar-refractivity contribution >= 4 is 27.4 Å². The van der Waals surface area contributed by atoms with Crippen LogP contribution in [-0.4, -0.2) is 28.8 Å². The van der Waals surface area contributed by atoms with Gasteiger partial charge in [-0.1, -0.05) is 25.1 Å². The SMILES string of the molecule is CC(CO)C(C)NCc1c(C(=O)O)sc2ccccc12. The largest absolute Gasteiger partial charge is 0.477 e. The van der Waals surface area contributed by atoms with E-state index in [0.717, 1.165) is 15.6 Å². The minimum atomic E-state index is -0.883. The Morgan fingerprint density at radius 2 is 2.05 bits per heavy atom. The van der Waals surface area contributed by atoms with Gasteiger partial charge in [0.15, 0.2) is 0 Å². The highest BCUT2D eigenvalue weighted by Gasteiger charge is 2.18. The number of fused-ring (bicyclic) bond motifs is 1. The van der Waals surface area contributed by atoms with E-state index in [9.17, 15) is 9.90 Å². The summed E-state index contributed by atoms with van der Waals surface area (Å²) < 4.78 is 0.990. The van der Waals surface area contributed by atoms with Crippen molar-refractivity contribution < 1.29 is 15.0 Å². The van der Waals surface area contributed by atoms with Gasteiger partial charge in [0.1, 0.15) is 4.88 Å². The predicted octanol–water partition coefficient (Wildman–Crippen LogP) is 2.71. The molecule has 1 heterocycles. The highest BCUT2D eigenvalue weighted by molar-refractivity contribution is 7.21. The maximum absolute atomic E-state index is 11.4. The topological polar surface area (TPSA) is 69.6 Å². The van der Waals surface area contributed by atoms with Crippen LogP contribution in [0.2, 0.25) is 0 Å². The molecule has 2 rings (SSSR count). The third kappa shape index (κ3) is 3.00. The maximum Gasteiger partial charge on any atom is 0.346 e. The van der Waals surface area contributed by atoms with E-state index in [1.807, 2.05) is 38.1 Å². The van der Waals surface area contributed by atoms with Gasteiger partial charge in [-0.3, -0.25) is 0 Å². The van der Waals surface area contributed by atoms with Crippen LogP contribution < -0.4 is 5.32 Å². The molecular weight excluding hydrogens is 274 g/mol. The molecule has 3 N–H and O–H groups in total. The number of hydrogen-bond donors (Lipinski definition) is 3. The number of thiophene rings is 1. The summed E-state index contributed by atoms with van der Waals surface area (Å²) in [6, 6.07) is 7.85. The Bertz CT molecular complexity index is 608. The Hall–Kier alpha value is -1.43. The minimum Gasteiger partial charge on any atom is -0.477 e. The van der Waals surface area contributed by atoms with Crippen molar-refractivity contribution in [1.82, 2.24) is 5.32 Å². The number of nitrogens with one attached hydrogen (secondary N) is 1. The zero-order valence-corrected chi connectivity index (χ0v) is 12.4. The van der Waals surface area contributed by atoms with E-state index in [1.54, 1.807) is 0 Å². The number of benzene rings is 1. The first-order valence-electron chi connectivity index (χ1n) is 6.62. The lowest BCUT2D eigenvalue weighted by Gasteiger charge is -2.19. The van der Waals surface area contributed by atoms with Gasteiger partial charge in [-0.25, -0.2) is 4.79 Å². The van der Waals surface area contributed by atoms with Crippen molar-refractivity contribution in [2.24, 2.45) is 5.92 Å². The molecule has 0 aliphatic heterocycles. The maximum atomic E-state index is 11.4. The second-order valence-corrected chi connectivity index (χ2v) is 6.09. The Morgan fingerprint density at radius 1 is 1.35 bits per heavy atom. The van der Waals surface area contributed by atoms with Gasteiger partial charge in [-0.05, 0) is 29.9 Å². The molecule has 0 fully saturated rings. The molecule has 2 aromatic rings. The van der Waals surface area contributed by atoms with Gasteiger partial charge in [0.2, 0.25) is 0 Å². The molecule has 1 aromatic heterocycles. The third-order valence-electron chi connectivity index (χ3n) is 3.63. The summed E-state index contributed by atoms with van der Waals surface area (Å²) in [5.74, 6) is -0.751. The van der Waals surface area contributed by atoms with E-state index in [-0.39, 0.29) is 18.6 Å². The molecule has 0 radical (unpaired) electrons. The molecule has 0 bridgehead atoms. The third-order valence-corrected chi connectivity index (χ3v) is 4.84. The lowest BCUT2D eigenvalue weighted by molar-refractivity contribution is 0.0701. The first kappa shape index (κ1) is 15.0. The van der Waals surface area contributed by atoms with Crippen LogP contribution >= 0.6 is 11.3 Å². The summed E-state index contributed by atoms with van der Waals surface area (Å²) in [5.41, 5.74) is 0.829. The fourth-order valence-corrected chi connectivity index (χ4v) is 3.13. The van der Waals surface area contributed by atoms with E-state index in [2.05, 4.69) is 5.32 Å². The number of aliphatic hydroxyl groups excluding tert-OH is 1. The number of aromatic carboxylic acids is 1. The van der Waals surface area contributed by atoms with Crippen molar-refractivity contribution in [2.45, 2.75) is 26.4 Å². The summed E-state index contributed by atoms with van der Waals surface area (Å²) in [5, 5.41) is 22.8. The Labute approximate surface area is 122 Å². The molecule has 5 heteroatoms. The molecule has 0 saturated heterocycles. The number of carbonyl (C=O) groups is 1. The van der Waals surface area contributed by atoms with Gasteiger partial charge in [0, 0.05) is 23.9 Å². The first-order chi connectivity index (χ1) is 9.54. The van der Waals surface area contributed by atoms with Crippen molar-refractivity contribution in [1.29, 1.82) is 0 Å². The number of carboxylic acid groups (broad SMARTS) is 1. The van der Waals surface area contributed by atoms with E-state index < -0.39 is 5.97 Å². The number of hydrogen-bond acceptors (Lipinski definition) is 4. The van der Waals surface area contributed by atoms with Gasteiger partial charge in [-0.15, -0.1) is 11.3 Å². The summed E-state index contributed by atoms with van der Waals surface area (Å²) in [6.45, 7) is 4.57. The lowest BCUT2D eigenvalue weighted by atomic mass is 10.0. The van der Waals surface area contributed by atoms with Crippen molar-refractivity contribution in [3.63, 3.8) is 0 Å². The van der Waals surface area contributed by atoms with Crippen molar-refractivity contribution in [3.8, 4) is 0 Å². The van der Waals surface area contributed by atoms with Crippen molar-refractivity contribution in [3.05, 3.63) is 34.7 Å². The van der Waals surface area contributed by atoms with E-state index in [0.29, 0.717) is 11.4 Å². The van der Waals surface area contributed by atoms with Crippen LogP contribution in [0.25, 0.3) is 10.1 Å². The second kappa shape index (κ2) is 6.35. The van der Waals surface area contributed by atoms with Crippen molar-refractivity contribution in [2.75, 3.05) is 6.61 Å². The molecule has 1 aromatic carbocycles. The molecule has 4 nitrogen and oxygen atoms in total. The minimum absolute atomic E-state index is 0.115. The molecule has 0 amide bonds. The van der Waals surface area contributed by atoms with Crippen LogP contribution in [0.1, 0.15) is 29.1 Å². The van der Waals surface area contributed by atoms with Crippen LogP contribution in [0.4, 0.5) is 0 Å². The highest BCUT2D eigenvalue weighted by Crippen LogP contribution is 2.31. The Kier molecular flexibility index (Phi) is 4.75. The summed E-state index contributed by atoms with van der Waals surface area (Å²) in [6.07, 6.45) is 0. The standard InChI is InChI=1S/C15H19NO3S/c1-9(8-17)10(2)16-7-12-11-5-3-4-6-13(11)20-14(12)15(18)19/h3-6,9-10,16-17H,7-8H2,1-2H3,(H,18,19). The fraction of sp³-hybridized carbons (Fsp3) is 0.400. The normalized spacial score (nSPS) is 14.3. The number of aliphatic hydroxyl groups is 1. The smallest absolute Gasteiger partial charge is 0.346 e. The molecule has 108 valence electrons. The molecular formula is C15H19NO3S. The van der Waals surface area contributed by atoms with E-state index in [4.69, 9.17) is 5.11 Å². The summed E-state index contributed by atoms with van der Waals surface area (Å²) in [7, 11) is 0. The first-order valence-corrected chi connectivity index (χ1v) is 7.44. The summed E-state index contributed by atoms with van der Waals surface area (Å²) >= 11 is 1.31. The highest BCUT2D eigenvalue weighted by atomic mass is 32.1. The van der Waals surface area contributed by atoms with Gasteiger partial charge in [0.25, 0.3) is 0 Å².